The van der Waals surface area contributed by atoms with Crippen LogP contribution in [0, 0.1) is 0 Å². The molecule has 0 atom stereocenters. The summed E-state index contributed by atoms with van der Waals surface area (Å²) in [5.41, 5.74) is 2.85. The molecule has 1 amide bonds. The zero-order valence-corrected chi connectivity index (χ0v) is 15.5. The SMILES string of the molecule is COc1cccc(CCS(=O)(=O)NCC(=O)N2CCc3ccccc32)c1. The molecule has 1 N–H and O–H groups in total. The number of ether oxygens (including phenoxy) is 1. The molecule has 26 heavy (non-hydrogen) atoms. The van der Waals surface area contributed by atoms with E-state index in [0.29, 0.717) is 18.7 Å². The molecule has 1 aliphatic rings. The van der Waals surface area contributed by atoms with Crippen molar-refractivity contribution in [3.8, 4) is 5.75 Å². The summed E-state index contributed by atoms with van der Waals surface area (Å²) in [4.78, 5) is 14.0. The molecule has 3 rings (SSSR count). The number of nitrogens with one attached hydrogen (secondary N) is 1. The van der Waals surface area contributed by atoms with Crippen LogP contribution in [0.2, 0.25) is 0 Å². The third-order valence-corrected chi connectivity index (χ3v) is 5.75. The number of sulfonamides is 1. The number of nitrogens with zero attached hydrogens (tertiary/aromatic N) is 1. The fourth-order valence-electron chi connectivity index (χ4n) is 3.02. The minimum atomic E-state index is -3.54. The van der Waals surface area contributed by atoms with E-state index in [9.17, 15) is 13.2 Å². The molecule has 6 nitrogen and oxygen atoms in total. The molecule has 2 aromatic carbocycles. The van der Waals surface area contributed by atoms with Crippen LogP contribution >= 0.6 is 0 Å². The second-order valence-electron chi connectivity index (χ2n) is 6.17. The lowest BCUT2D eigenvalue weighted by atomic mass is 10.2. The molecule has 0 unspecified atom stereocenters. The Morgan fingerprint density at radius 1 is 1.19 bits per heavy atom. The van der Waals surface area contributed by atoms with Gasteiger partial charge in [0.05, 0.1) is 19.4 Å². The summed E-state index contributed by atoms with van der Waals surface area (Å²) < 4.78 is 32.0. The van der Waals surface area contributed by atoms with Crippen molar-refractivity contribution in [2.75, 3.05) is 30.9 Å². The van der Waals surface area contributed by atoms with Gasteiger partial charge in [-0.2, -0.15) is 0 Å². The van der Waals surface area contributed by atoms with Gasteiger partial charge in [-0.1, -0.05) is 30.3 Å². The minimum Gasteiger partial charge on any atom is -0.497 e. The number of amides is 1. The van der Waals surface area contributed by atoms with E-state index in [-0.39, 0.29) is 18.2 Å². The summed E-state index contributed by atoms with van der Waals surface area (Å²) in [7, 11) is -1.97. The van der Waals surface area contributed by atoms with Gasteiger partial charge in [-0.3, -0.25) is 4.79 Å². The highest BCUT2D eigenvalue weighted by Gasteiger charge is 2.24. The van der Waals surface area contributed by atoms with Crippen LogP contribution in [-0.2, 0) is 27.7 Å². The first-order valence-electron chi connectivity index (χ1n) is 8.47. The van der Waals surface area contributed by atoms with Crippen LogP contribution in [-0.4, -0.2) is 40.3 Å². The molecule has 2 aromatic rings. The Morgan fingerprint density at radius 2 is 2.00 bits per heavy atom. The smallest absolute Gasteiger partial charge is 0.242 e. The zero-order chi connectivity index (χ0) is 18.6. The van der Waals surface area contributed by atoms with E-state index in [1.807, 2.05) is 48.5 Å². The molecule has 1 aliphatic heterocycles. The molecule has 0 aromatic heterocycles. The summed E-state index contributed by atoms with van der Waals surface area (Å²) in [5.74, 6) is 0.375. The molecule has 0 fully saturated rings. The number of anilines is 1. The van der Waals surface area contributed by atoms with Gasteiger partial charge in [0.25, 0.3) is 0 Å². The Hall–Kier alpha value is -2.38. The quantitative estimate of drug-likeness (QED) is 0.801. The van der Waals surface area contributed by atoms with E-state index < -0.39 is 10.0 Å². The zero-order valence-electron chi connectivity index (χ0n) is 14.6. The van der Waals surface area contributed by atoms with Gasteiger partial charge < -0.3 is 9.64 Å². The maximum absolute atomic E-state index is 12.4. The van der Waals surface area contributed by atoms with E-state index in [0.717, 1.165) is 23.2 Å². The maximum Gasteiger partial charge on any atom is 0.242 e. The Labute approximate surface area is 153 Å². The molecule has 1 heterocycles. The van der Waals surface area contributed by atoms with Crippen LogP contribution in [0.3, 0.4) is 0 Å². The van der Waals surface area contributed by atoms with Gasteiger partial charge in [-0.25, -0.2) is 13.1 Å². The predicted octanol–water partition coefficient (Wildman–Crippen LogP) is 1.75. The second kappa shape index (κ2) is 7.88. The van der Waals surface area contributed by atoms with Crippen LogP contribution in [0.1, 0.15) is 11.1 Å². The summed E-state index contributed by atoms with van der Waals surface area (Å²) in [6.07, 6.45) is 1.15. The lowest BCUT2D eigenvalue weighted by Gasteiger charge is -2.17. The minimum absolute atomic E-state index is 0.0793. The number of methoxy groups -OCH3 is 1. The number of carbonyl (C=O) groups excluding carboxylic acids is 1. The first kappa shape index (κ1) is 18.4. The van der Waals surface area contributed by atoms with E-state index in [2.05, 4.69) is 4.72 Å². The van der Waals surface area contributed by atoms with Crippen molar-refractivity contribution in [3.63, 3.8) is 0 Å². The highest BCUT2D eigenvalue weighted by Crippen LogP contribution is 2.27. The number of carbonyl (C=O) groups is 1. The Bertz CT molecular complexity index is 896. The summed E-state index contributed by atoms with van der Waals surface area (Å²) in [5, 5.41) is 0. The fraction of sp³-hybridized carbons (Fsp3) is 0.316. The van der Waals surface area contributed by atoms with Gasteiger partial charge in [0.1, 0.15) is 5.75 Å². The normalized spacial score (nSPS) is 13.5. The molecular formula is C19H22N2O4S. The summed E-state index contributed by atoms with van der Waals surface area (Å²) >= 11 is 0. The predicted molar refractivity (Wildman–Crippen MR) is 101 cm³/mol. The van der Waals surface area contributed by atoms with Crippen molar-refractivity contribution in [2.24, 2.45) is 0 Å². The number of hydrogen-bond acceptors (Lipinski definition) is 4. The monoisotopic (exact) mass is 374 g/mol. The Balaban J connectivity index is 1.54. The van der Waals surface area contributed by atoms with Crippen molar-refractivity contribution in [2.45, 2.75) is 12.8 Å². The Morgan fingerprint density at radius 3 is 2.81 bits per heavy atom. The van der Waals surface area contributed by atoms with Crippen LogP contribution in [0.5, 0.6) is 5.75 Å². The largest absolute Gasteiger partial charge is 0.497 e. The van der Waals surface area contributed by atoms with Gasteiger partial charge in [0.2, 0.25) is 15.9 Å². The fourth-order valence-corrected chi connectivity index (χ4v) is 4.01. The number of benzene rings is 2. The van der Waals surface area contributed by atoms with Crippen molar-refractivity contribution in [1.29, 1.82) is 0 Å². The highest BCUT2D eigenvalue weighted by molar-refractivity contribution is 7.89. The molecule has 0 saturated heterocycles. The van der Waals surface area contributed by atoms with Gasteiger partial charge in [0, 0.05) is 12.2 Å². The Kier molecular flexibility index (Phi) is 5.58. The third kappa shape index (κ3) is 4.42. The topological polar surface area (TPSA) is 75.7 Å². The molecular weight excluding hydrogens is 352 g/mol. The van der Waals surface area contributed by atoms with Crippen LogP contribution in [0.15, 0.2) is 48.5 Å². The van der Waals surface area contributed by atoms with Crippen LogP contribution < -0.4 is 14.4 Å². The number of para-hydroxylation sites is 1. The van der Waals surface area contributed by atoms with Gasteiger partial charge in [-0.15, -0.1) is 0 Å². The first-order chi connectivity index (χ1) is 12.5. The highest BCUT2D eigenvalue weighted by atomic mass is 32.2. The summed E-state index contributed by atoms with van der Waals surface area (Å²) in [6.45, 7) is 0.360. The molecule has 0 aliphatic carbocycles. The van der Waals surface area contributed by atoms with Crippen molar-refractivity contribution in [3.05, 3.63) is 59.7 Å². The summed E-state index contributed by atoms with van der Waals surface area (Å²) in [6, 6.07) is 15.0. The van der Waals surface area contributed by atoms with Gasteiger partial charge in [0.15, 0.2) is 0 Å². The van der Waals surface area contributed by atoms with Crippen LogP contribution in [0.25, 0.3) is 0 Å². The van der Waals surface area contributed by atoms with Crippen molar-refractivity contribution < 1.29 is 17.9 Å². The first-order valence-corrected chi connectivity index (χ1v) is 10.1. The lowest BCUT2D eigenvalue weighted by Crippen LogP contribution is -2.40. The molecule has 0 spiro atoms. The van der Waals surface area contributed by atoms with Crippen molar-refractivity contribution >= 4 is 21.6 Å². The standard InChI is InChI=1S/C19H22N2O4S/c1-25-17-7-4-5-15(13-17)10-12-26(23,24)20-14-19(22)21-11-9-16-6-2-3-8-18(16)21/h2-8,13,20H,9-12,14H2,1H3. The van der Waals surface area contributed by atoms with E-state index in [1.54, 1.807) is 12.0 Å². The van der Waals surface area contributed by atoms with Gasteiger partial charge >= 0.3 is 0 Å². The van der Waals surface area contributed by atoms with Crippen LogP contribution in [0.4, 0.5) is 5.69 Å². The molecule has 7 heteroatoms. The number of hydrogen-bond donors (Lipinski definition) is 1. The van der Waals surface area contributed by atoms with E-state index in [1.165, 1.54) is 0 Å². The third-order valence-electron chi connectivity index (χ3n) is 4.43. The second-order valence-corrected chi connectivity index (χ2v) is 8.09. The molecule has 0 saturated carbocycles. The average molecular weight is 374 g/mol. The molecule has 0 radical (unpaired) electrons. The number of rotatable bonds is 7. The maximum atomic E-state index is 12.4. The lowest BCUT2D eigenvalue weighted by molar-refractivity contribution is -0.117. The number of fused-ring (bicyclic) bond motifs is 1. The molecule has 0 bridgehead atoms. The molecule has 138 valence electrons. The average Bonchev–Trinajstić information content (AvgIpc) is 3.09. The number of aryl methyl sites for hydroxylation is 1. The van der Waals surface area contributed by atoms with E-state index in [4.69, 9.17) is 4.74 Å². The van der Waals surface area contributed by atoms with E-state index >= 15 is 0 Å². The van der Waals surface area contributed by atoms with Crippen molar-refractivity contribution in [1.82, 2.24) is 4.72 Å². The van der Waals surface area contributed by atoms with Gasteiger partial charge in [-0.05, 0) is 42.2 Å².